The Balaban J connectivity index is 1.82. The van der Waals surface area contributed by atoms with Gasteiger partial charge < -0.3 is 10.3 Å². The van der Waals surface area contributed by atoms with Gasteiger partial charge in [0.15, 0.2) is 5.13 Å². The number of amides is 1. The van der Waals surface area contributed by atoms with E-state index in [0.717, 1.165) is 6.26 Å². The van der Waals surface area contributed by atoms with Gasteiger partial charge in [-0.15, -0.1) is 0 Å². The molecule has 0 spiro atoms. The van der Waals surface area contributed by atoms with E-state index in [0.29, 0.717) is 43.5 Å². The molecule has 0 aliphatic rings. The van der Waals surface area contributed by atoms with Gasteiger partial charge in [0.05, 0.1) is 29.5 Å². The summed E-state index contributed by atoms with van der Waals surface area (Å²) in [4.78, 5) is 27.9. The molecule has 3 aromatic heterocycles. The molecule has 0 atom stereocenters. The highest BCUT2D eigenvalue weighted by Crippen LogP contribution is 2.31. The van der Waals surface area contributed by atoms with Crippen molar-refractivity contribution >= 4 is 59.5 Å². The van der Waals surface area contributed by atoms with Crippen molar-refractivity contribution in [2.24, 2.45) is 0 Å². The molecular weight excluding hydrogens is 388 g/mol. The largest absolute Gasteiger partial charge is 0.345 e. The van der Waals surface area contributed by atoms with Gasteiger partial charge in [-0.1, -0.05) is 11.3 Å². The average molecular weight is 402 g/mol. The Kier molecular flexibility index (Phi) is 4.04. The van der Waals surface area contributed by atoms with E-state index in [9.17, 15) is 13.2 Å². The quantitative estimate of drug-likeness (QED) is 0.481. The van der Waals surface area contributed by atoms with Gasteiger partial charge in [0.25, 0.3) is 0 Å². The normalized spacial score (nSPS) is 11.8. The molecule has 3 N–H and O–H groups in total. The highest BCUT2D eigenvalue weighted by Gasteiger charge is 2.14. The number of thiazole rings is 1. The summed E-state index contributed by atoms with van der Waals surface area (Å²) in [6.07, 6.45) is 2.59. The van der Waals surface area contributed by atoms with Crippen molar-refractivity contribution in [3.8, 4) is 11.3 Å². The number of anilines is 2. The van der Waals surface area contributed by atoms with E-state index in [2.05, 4.69) is 30.0 Å². The summed E-state index contributed by atoms with van der Waals surface area (Å²) in [6, 6.07) is 7.13. The Labute approximate surface area is 157 Å². The first-order valence-electron chi connectivity index (χ1n) is 7.79. The predicted octanol–water partition coefficient (Wildman–Crippen LogP) is 2.56. The summed E-state index contributed by atoms with van der Waals surface area (Å²) in [5.74, 6) is -0.199. The Bertz CT molecular complexity index is 1290. The molecule has 4 aromatic rings. The van der Waals surface area contributed by atoms with Crippen LogP contribution < -0.4 is 10.0 Å². The number of pyridine rings is 1. The van der Waals surface area contributed by atoms with E-state index in [1.54, 1.807) is 18.2 Å². The van der Waals surface area contributed by atoms with Crippen molar-refractivity contribution in [3.63, 3.8) is 0 Å². The van der Waals surface area contributed by atoms with Gasteiger partial charge in [-0.3, -0.25) is 9.52 Å². The summed E-state index contributed by atoms with van der Waals surface area (Å²) in [5, 5.41) is 3.12. The molecule has 0 radical (unpaired) electrons. The van der Waals surface area contributed by atoms with Crippen molar-refractivity contribution in [3.05, 3.63) is 30.6 Å². The molecule has 138 valence electrons. The van der Waals surface area contributed by atoms with Crippen LogP contribution in [0.3, 0.4) is 0 Å². The van der Waals surface area contributed by atoms with E-state index in [4.69, 9.17) is 0 Å². The summed E-state index contributed by atoms with van der Waals surface area (Å²) < 4.78 is 25.8. The number of aromatic amines is 1. The number of imidazole rings is 1. The second kappa shape index (κ2) is 6.28. The molecule has 9 nitrogen and oxygen atoms in total. The van der Waals surface area contributed by atoms with E-state index < -0.39 is 10.0 Å². The molecule has 0 aliphatic heterocycles. The molecule has 0 bridgehead atoms. The molecule has 3 heterocycles. The van der Waals surface area contributed by atoms with E-state index in [-0.39, 0.29) is 5.91 Å². The van der Waals surface area contributed by atoms with Gasteiger partial charge >= 0.3 is 0 Å². The van der Waals surface area contributed by atoms with Gasteiger partial charge in [0.1, 0.15) is 15.9 Å². The third kappa shape index (κ3) is 3.59. The minimum atomic E-state index is -3.46. The molecule has 0 unspecified atom stereocenters. The molecule has 1 aromatic carbocycles. The zero-order valence-electron chi connectivity index (χ0n) is 14.3. The molecule has 1 amide bonds. The maximum Gasteiger partial charge on any atom is 0.229 e. The lowest BCUT2D eigenvalue weighted by Crippen LogP contribution is -2.10. The van der Waals surface area contributed by atoms with Crippen LogP contribution in [0.25, 0.3) is 32.6 Å². The van der Waals surface area contributed by atoms with Gasteiger partial charge in [0.2, 0.25) is 15.9 Å². The zero-order valence-corrected chi connectivity index (χ0v) is 15.9. The second-order valence-electron chi connectivity index (χ2n) is 5.92. The van der Waals surface area contributed by atoms with Crippen LogP contribution in [0, 0.1) is 0 Å². The van der Waals surface area contributed by atoms with Crippen LogP contribution in [0.15, 0.2) is 30.6 Å². The van der Waals surface area contributed by atoms with Gasteiger partial charge in [0, 0.05) is 12.5 Å². The summed E-state index contributed by atoms with van der Waals surface area (Å²) in [7, 11) is -3.46. The number of nitrogens with one attached hydrogen (secondary N) is 3. The minimum absolute atomic E-state index is 0.199. The molecule has 4 rings (SSSR count). The first-order chi connectivity index (χ1) is 12.8. The van der Waals surface area contributed by atoms with Crippen LogP contribution in [0.5, 0.6) is 0 Å². The first kappa shape index (κ1) is 17.4. The van der Waals surface area contributed by atoms with Crippen molar-refractivity contribution in [2.75, 3.05) is 16.3 Å². The molecule has 0 aliphatic carbocycles. The third-order valence-corrected chi connectivity index (χ3v) is 5.12. The van der Waals surface area contributed by atoms with E-state index in [1.807, 2.05) is 6.07 Å². The fourth-order valence-corrected chi connectivity index (χ4v) is 4.10. The Morgan fingerprint density at radius 2 is 2.04 bits per heavy atom. The van der Waals surface area contributed by atoms with E-state index in [1.165, 1.54) is 24.6 Å². The van der Waals surface area contributed by atoms with Crippen LogP contribution in [-0.2, 0) is 14.8 Å². The predicted molar refractivity (Wildman–Crippen MR) is 105 cm³/mol. The molecule has 27 heavy (non-hydrogen) atoms. The highest BCUT2D eigenvalue weighted by atomic mass is 32.2. The van der Waals surface area contributed by atoms with Gasteiger partial charge in [-0.25, -0.2) is 23.4 Å². The number of H-pyrrole nitrogens is 1. The molecule has 11 heteroatoms. The Morgan fingerprint density at radius 3 is 2.78 bits per heavy atom. The number of hydrogen-bond donors (Lipinski definition) is 3. The second-order valence-corrected chi connectivity index (χ2v) is 8.64. The number of benzene rings is 1. The number of nitrogens with zero attached hydrogens (tertiary/aromatic N) is 3. The minimum Gasteiger partial charge on any atom is -0.345 e. The average Bonchev–Trinajstić information content (AvgIpc) is 3.17. The third-order valence-electron chi connectivity index (χ3n) is 3.65. The lowest BCUT2D eigenvalue weighted by Gasteiger charge is -2.08. The van der Waals surface area contributed by atoms with Gasteiger partial charge in [-0.2, -0.15) is 0 Å². The zero-order chi connectivity index (χ0) is 19.2. The number of rotatable bonds is 4. The fourth-order valence-electron chi connectivity index (χ4n) is 2.66. The molecule has 0 fully saturated rings. The van der Waals surface area contributed by atoms with Crippen LogP contribution in [0.4, 0.5) is 10.8 Å². The Hall–Kier alpha value is -3.05. The SMILES string of the molecule is CC(=O)Nc1nc2ccc(-c3cc(NS(C)(=O)=O)c4nc[nH]c4c3)nc2s1. The summed E-state index contributed by atoms with van der Waals surface area (Å²) >= 11 is 1.27. The van der Waals surface area contributed by atoms with Crippen LogP contribution in [-0.4, -0.2) is 40.5 Å². The fraction of sp³-hybridized carbons (Fsp3) is 0.125. The highest BCUT2D eigenvalue weighted by molar-refractivity contribution is 7.92. The number of aromatic nitrogens is 4. The van der Waals surface area contributed by atoms with Crippen LogP contribution in [0.1, 0.15) is 6.92 Å². The number of carbonyl (C=O) groups excluding carboxylic acids is 1. The summed E-state index contributed by atoms with van der Waals surface area (Å²) in [6.45, 7) is 1.42. The molecule has 0 saturated heterocycles. The van der Waals surface area contributed by atoms with Crippen molar-refractivity contribution in [1.29, 1.82) is 0 Å². The van der Waals surface area contributed by atoms with Crippen LogP contribution >= 0.6 is 11.3 Å². The lowest BCUT2D eigenvalue weighted by atomic mass is 10.1. The van der Waals surface area contributed by atoms with Crippen LogP contribution in [0.2, 0.25) is 0 Å². The number of fused-ring (bicyclic) bond motifs is 2. The summed E-state index contributed by atoms with van der Waals surface area (Å²) in [5.41, 5.74) is 3.61. The maximum atomic E-state index is 11.7. The van der Waals surface area contributed by atoms with Crippen molar-refractivity contribution in [2.45, 2.75) is 6.92 Å². The van der Waals surface area contributed by atoms with Crippen molar-refractivity contribution in [1.82, 2.24) is 19.9 Å². The smallest absolute Gasteiger partial charge is 0.229 e. The number of hydrogen-bond acceptors (Lipinski definition) is 7. The topological polar surface area (TPSA) is 130 Å². The Morgan fingerprint density at radius 1 is 1.22 bits per heavy atom. The standard InChI is InChI=1S/C16H14N6O3S2/c1-8(23)19-16-21-11-4-3-10(20-15(11)26-16)9-5-12-14(18-7-17-12)13(6-9)22-27(2,24)25/h3-7,22H,1-2H3,(H,17,18)(H,19,21,23). The number of sulfonamides is 1. The van der Waals surface area contributed by atoms with Crippen molar-refractivity contribution < 1.29 is 13.2 Å². The lowest BCUT2D eigenvalue weighted by molar-refractivity contribution is -0.114. The number of carbonyl (C=O) groups is 1. The molecular formula is C16H14N6O3S2. The van der Waals surface area contributed by atoms with E-state index >= 15 is 0 Å². The molecule has 0 saturated carbocycles. The van der Waals surface area contributed by atoms with Gasteiger partial charge in [-0.05, 0) is 24.3 Å². The monoisotopic (exact) mass is 402 g/mol. The first-order valence-corrected chi connectivity index (χ1v) is 10.5. The maximum absolute atomic E-state index is 11.7.